The Morgan fingerprint density at radius 2 is 1.67 bits per heavy atom. The molecule has 0 fully saturated rings. The van der Waals surface area contributed by atoms with Gasteiger partial charge < -0.3 is 10.6 Å². The Balaban J connectivity index is 2.66. The number of para-hydroxylation sites is 1. The Morgan fingerprint density at radius 3 is 2.11 bits per heavy atom. The number of rotatable bonds is 3. The minimum Gasteiger partial charge on any atom is -0.328 e. The van der Waals surface area contributed by atoms with Crippen molar-refractivity contribution in [3.05, 3.63) is 30.3 Å². The van der Waals surface area contributed by atoms with Gasteiger partial charge >= 0.3 is 6.03 Å². The van der Waals surface area contributed by atoms with E-state index in [2.05, 4.69) is 10.6 Å². The third-order valence-electron chi connectivity index (χ3n) is 2.58. The monoisotopic (exact) mass is 248 g/mol. The summed E-state index contributed by atoms with van der Waals surface area (Å²) in [6.45, 7) is 7.24. The maximum absolute atomic E-state index is 11.8. The van der Waals surface area contributed by atoms with Crippen molar-refractivity contribution in [1.29, 1.82) is 0 Å². The molecule has 1 unspecified atom stereocenters. The lowest BCUT2D eigenvalue weighted by molar-refractivity contribution is -0.120. The van der Waals surface area contributed by atoms with Gasteiger partial charge in [0.05, 0.1) is 6.04 Å². The molecular formula is C14H20N2O2. The van der Waals surface area contributed by atoms with E-state index in [4.69, 9.17) is 0 Å². The smallest absolute Gasteiger partial charge is 0.319 e. The van der Waals surface area contributed by atoms with Crippen molar-refractivity contribution in [3.8, 4) is 0 Å². The van der Waals surface area contributed by atoms with Crippen molar-refractivity contribution >= 4 is 17.5 Å². The van der Waals surface area contributed by atoms with Crippen molar-refractivity contribution < 1.29 is 9.59 Å². The highest BCUT2D eigenvalue weighted by atomic mass is 16.2. The number of Topliss-reactive ketones (excluding diaryl/α,β-unsaturated/α-hetero) is 1. The maximum atomic E-state index is 11.8. The van der Waals surface area contributed by atoms with E-state index in [-0.39, 0.29) is 17.2 Å². The highest BCUT2D eigenvalue weighted by molar-refractivity contribution is 5.93. The molecule has 1 aromatic rings. The zero-order valence-corrected chi connectivity index (χ0v) is 11.3. The maximum Gasteiger partial charge on any atom is 0.319 e. The summed E-state index contributed by atoms with van der Waals surface area (Å²) in [5, 5.41) is 5.40. The van der Waals surface area contributed by atoms with Crippen molar-refractivity contribution in [2.45, 2.75) is 33.7 Å². The van der Waals surface area contributed by atoms with Crippen LogP contribution < -0.4 is 10.6 Å². The lowest BCUT2D eigenvalue weighted by Crippen LogP contribution is -2.49. The molecule has 0 saturated heterocycles. The molecule has 0 heterocycles. The highest BCUT2D eigenvalue weighted by Gasteiger charge is 2.29. The molecule has 0 aromatic heterocycles. The van der Waals surface area contributed by atoms with E-state index in [0.29, 0.717) is 5.69 Å². The minimum atomic E-state index is -0.499. The minimum absolute atomic E-state index is 0.0503. The van der Waals surface area contributed by atoms with Crippen LogP contribution in [0.15, 0.2) is 30.3 Å². The van der Waals surface area contributed by atoms with Gasteiger partial charge in [-0.1, -0.05) is 39.0 Å². The summed E-state index contributed by atoms with van der Waals surface area (Å²) in [5.74, 6) is -0.0503. The fourth-order valence-corrected chi connectivity index (χ4v) is 1.75. The van der Waals surface area contributed by atoms with Crippen LogP contribution in [0.5, 0.6) is 0 Å². The molecule has 1 atom stereocenters. The number of carbonyl (C=O) groups excluding carboxylic acids is 2. The predicted octanol–water partition coefficient (Wildman–Crippen LogP) is 2.81. The summed E-state index contributed by atoms with van der Waals surface area (Å²) < 4.78 is 0. The van der Waals surface area contributed by atoms with Crippen molar-refractivity contribution in [1.82, 2.24) is 5.32 Å². The zero-order chi connectivity index (χ0) is 13.8. The topological polar surface area (TPSA) is 58.2 Å². The SMILES string of the molecule is CC(=O)C(NC(=O)Nc1ccccc1)C(C)(C)C. The Bertz CT molecular complexity index is 421. The lowest BCUT2D eigenvalue weighted by Gasteiger charge is -2.29. The number of amides is 2. The molecule has 0 aliphatic rings. The molecule has 18 heavy (non-hydrogen) atoms. The van der Waals surface area contributed by atoms with Gasteiger partial charge in [-0.15, -0.1) is 0 Å². The van der Waals surface area contributed by atoms with Crippen LogP contribution in [0.1, 0.15) is 27.7 Å². The van der Waals surface area contributed by atoms with E-state index in [1.165, 1.54) is 6.92 Å². The Labute approximate surface area is 108 Å². The van der Waals surface area contributed by atoms with E-state index in [1.807, 2.05) is 39.0 Å². The molecular weight excluding hydrogens is 228 g/mol. The average molecular weight is 248 g/mol. The lowest BCUT2D eigenvalue weighted by atomic mass is 9.84. The van der Waals surface area contributed by atoms with Gasteiger partial charge in [-0.2, -0.15) is 0 Å². The van der Waals surface area contributed by atoms with Crippen LogP contribution >= 0.6 is 0 Å². The molecule has 2 amide bonds. The van der Waals surface area contributed by atoms with Crippen molar-refractivity contribution in [2.24, 2.45) is 5.41 Å². The summed E-state index contributed by atoms with van der Waals surface area (Å²) in [6.07, 6.45) is 0. The number of anilines is 1. The van der Waals surface area contributed by atoms with E-state index < -0.39 is 6.04 Å². The van der Waals surface area contributed by atoms with Crippen LogP contribution in [-0.2, 0) is 4.79 Å². The number of urea groups is 1. The third kappa shape index (κ3) is 4.20. The van der Waals surface area contributed by atoms with Gasteiger partial charge in [0.25, 0.3) is 0 Å². The Morgan fingerprint density at radius 1 is 1.11 bits per heavy atom. The normalized spacial score (nSPS) is 12.7. The summed E-state index contributed by atoms with van der Waals surface area (Å²) in [7, 11) is 0. The van der Waals surface area contributed by atoms with Crippen molar-refractivity contribution in [3.63, 3.8) is 0 Å². The van der Waals surface area contributed by atoms with Gasteiger partial charge in [0.1, 0.15) is 0 Å². The number of hydrogen-bond acceptors (Lipinski definition) is 2. The molecule has 1 rings (SSSR count). The molecule has 2 N–H and O–H groups in total. The summed E-state index contributed by atoms with van der Waals surface area (Å²) in [5.41, 5.74) is 0.395. The molecule has 4 nitrogen and oxygen atoms in total. The summed E-state index contributed by atoms with van der Waals surface area (Å²) in [6, 6.07) is 8.26. The second-order valence-electron chi connectivity index (χ2n) is 5.37. The van der Waals surface area contributed by atoms with E-state index in [1.54, 1.807) is 12.1 Å². The first kappa shape index (κ1) is 14.2. The Hall–Kier alpha value is -1.84. The molecule has 0 saturated carbocycles. The van der Waals surface area contributed by atoms with Crippen molar-refractivity contribution in [2.75, 3.05) is 5.32 Å². The predicted molar refractivity (Wildman–Crippen MR) is 72.5 cm³/mol. The van der Waals surface area contributed by atoms with E-state index >= 15 is 0 Å². The number of ketones is 1. The first-order valence-corrected chi connectivity index (χ1v) is 5.93. The van der Waals surface area contributed by atoms with E-state index in [0.717, 1.165) is 0 Å². The number of carbonyl (C=O) groups is 2. The fraction of sp³-hybridized carbons (Fsp3) is 0.429. The largest absolute Gasteiger partial charge is 0.328 e. The van der Waals surface area contributed by atoms with Gasteiger partial charge in [0.15, 0.2) is 5.78 Å². The standard InChI is InChI=1S/C14H20N2O2/c1-10(17)12(14(2,3)4)16-13(18)15-11-8-6-5-7-9-11/h5-9,12H,1-4H3,(H2,15,16,18). The number of benzene rings is 1. The first-order valence-electron chi connectivity index (χ1n) is 5.93. The second-order valence-corrected chi connectivity index (χ2v) is 5.37. The molecule has 98 valence electrons. The highest BCUT2D eigenvalue weighted by Crippen LogP contribution is 2.20. The zero-order valence-electron chi connectivity index (χ0n) is 11.3. The van der Waals surface area contributed by atoms with Crippen LogP contribution in [0.4, 0.5) is 10.5 Å². The molecule has 1 aromatic carbocycles. The summed E-state index contributed by atoms with van der Waals surface area (Å²) in [4.78, 5) is 23.3. The van der Waals surface area contributed by atoms with Crippen LogP contribution in [0.2, 0.25) is 0 Å². The molecule has 0 bridgehead atoms. The molecule has 0 spiro atoms. The van der Waals surface area contributed by atoms with Crippen LogP contribution in [-0.4, -0.2) is 17.9 Å². The molecule has 0 aliphatic carbocycles. The number of hydrogen-bond donors (Lipinski definition) is 2. The van der Waals surface area contributed by atoms with E-state index in [9.17, 15) is 9.59 Å². The van der Waals surface area contributed by atoms with Crippen LogP contribution in [0.25, 0.3) is 0 Å². The second kappa shape index (κ2) is 5.67. The molecule has 0 radical (unpaired) electrons. The fourth-order valence-electron chi connectivity index (χ4n) is 1.75. The van der Waals surface area contributed by atoms with Gasteiger partial charge in [0.2, 0.25) is 0 Å². The quantitative estimate of drug-likeness (QED) is 0.864. The van der Waals surface area contributed by atoms with Gasteiger partial charge in [-0.3, -0.25) is 4.79 Å². The van der Waals surface area contributed by atoms with Gasteiger partial charge in [0, 0.05) is 5.69 Å². The van der Waals surface area contributed by atoms with Gasteiger partial charge in [-0.25, -0.2) is 4.79 Å². The first-order chi connectivity index (χ1) is 8.30. The van der Waals surface area contributed by atoms with Gasteiger partial charge in [-0.05, 0) is 24.5 Å². The average Bonchev–Trinajstić information content (AvgIpc) is 2.25. The Kier molecular flexibility index (Phi) is 4.48. The van der Waals surface area contributed by atoms with Crippen LogP contribution in [0.3, 0.4) is 0 Å². The molecule has 4 heteroatoms. The number of nitrogens with one attached hydrogen (secondary N) is 2. The molecule has 0 aliphatic heterocycles. The van der Waals surface area contributed by atoms with Crippen LogP contribution in [0, 0.1) is 5.41 Å². The third-order valence-corrected chi connectivity index (χ3v) is 2.58. The summed E-state index contributed by atoms with van der Waals surface area (Å²) >= 11 is 0.